The van der Waals surface area contributed by atoms with Crippen LogP contribution in [0.1, 0.15) is 37.9 Å². The maximum absolute atomic E-state index is 9.91. The molecule has 3 heteroatoms. The molecular weight excluding hydrogens is 278 g/mol. The molecule has 1 aliphatic heterocycles. The second kappa shape index (κ2) is 4.29. The van der Waals surface area contributed by atoms with E-state index in [2.05, 4.69) is 33.0 Å². The molecule has 0 radical (unpaired) electrons. The first kappa shape index (κ1) is 11.5. The maximum atomic E-state index is 9.91. The molecule has 3 rings (SSSR count). The van der Waals surface area contributed by atoms with Crippen molar-refractivity contribution in [2.75, 3.05) is 11.4 Å². The van der Waals surface area contributed by atoms with Gasteiger partial charge in [0.15, 0.2) is 0 Å². The summed E-state index contributed by atoms with van der Waals surface area (Å²) >= 11 is 3.48. The number of anilines is 1. The number of hydrogen-bond donors (Lipinski definition) is 1. The minimum atomic E-state index is -0.401. The standard InChI is InChI=1S/C14H18BrNO/c1-9(17)13-7-11(15)3-5-14(13)16-8-10-2-4-12(16)6-10/h3,5,7,9-10,12,17H,2,4,6,8H2,1H3. The van der Waals surface area contributed by atoms with Crippen LogP contribution in [-0.4, -0.2) is 17.7 Å². The van der Waals surface area contributed by atoms with E-state index in [1.165, 1.54) is 31.5 Å². The van der Waals surface area contributed by atoms with E-state index >= 15 is 0 Å². The number of nitrogens with zero attached hydrogens (tertiary/aromatic N) is 1. The van der Waals surface area contributed by atoms with Crippen LogP contribution < -0.4 is 4.90 Å². The summed E-state index contributed by atoms with van der Waals surface area (Å²) in [6.07, 6.45) is 3.65. The van der Waals surface area contributed by atoms with Crippen LogP contribution in [0.25, 0.3) is 0 Å². The highest BCUT2D eigenvalue weighted by Gasteiger charge is 2.38. The molecule has 1 aliphatic carbocycles. The highest BCUT2D eigenvalue weighted by Crippen LogP contribution is 2.42. The molecule has 1 heterocycles. The molecule has 1 saturated carbocycles. The number of aliphatic hydroxyl groups excluding tert-OH is 1. The van der Waals surface area contributed by atoms with Crippen molar-refractivity contribution < 1.29 is 5.11 Å². The first-order chi connectivity index (χ1) is 8.15. The van der Waals surface area contributed by atoms with E-state index in [0.717, 1.165) is 16.0 Å². The summed E-state index contributed by atoms with van der Waals surface area (Å²) in [5, 5.41) is 9.91. The van der Waals surface area contributed by atoms with Crippen molar-refractivity contribution in [2.24, 2.45) is 5.92 Å². The lowest BCUT2D eigenvalue weighted by molar-refractivity contribution is 0.199. The van der Waals surface area contributed by atoms with Gasteiger partial charge in [-0.05, 0) is 50.3 Å². The number of halogens is 1. The Hall–Kier alpha value is -0.540. The highest BCUT2D eigenvalue weighted by molar-refractivity contribution is 9.10. The lowest BCUT2D eigenvalue weighted by atomic mass is 10.0. The second-order valence-corrected chi connectivity index (χ2v) is 6.28. The van der Waals surface area contributed by atoms with Gasteiger partial charge in [0.2, 0.25) is 0 Å². The van der Waals surface area contributed by atoms with E-state index in [4.69, 9.17) is 0 Å². The third-order valence-electron chi connectivity index (χ3n) is 4.16. The zero-order chi connectivity index (χ0) is 12.0. The molecule has 17 heavy (non-hydrogen) atoms. The van der Waals surface area contributed by atoms with Crippen molar-refractivity contribution in [1.82, 2.24) is 0 Å². The molecule has 1 N–H and O–H groups in total. The summed E-state index contributed by atoms with van der Waals surface area (Å²) in [5.41, 5.74) is 2.28. The Balaban J connectivity index is 1.97. The average molecular weight is 296 g/mol. The molecule has 1 aromatic carbocycles. The fourth-order valence-corrected chi connectivity index (χ4v) is 3.72. The van der Waals surface area contributed by atoms with Crippen LogP contribution in [0.5, 0.6) is 0 Å². The zero-order valence-corrected chi connectivity index (χ0v) is 11.7. The molecule has 2 fully saturated rings. The summed E-state index contributed by atoms with van der Waals surface area (Å²) < 4.78 is 1.04. The van der Waals surface area contributed by atoms with E-state index in [1.54, 1.807) is 0 Å². The molecule has 92 valence electrons. The minimum absolute atomic E-state index is 0.401. The fraction of sp³-hybridized carbons (Fsp3) is 0.571. The number of aliphatic hydroxyl groups is 1. The molecule has 2 bridgehead atoms. The molecule has 3 unspecified atom stereocenters. The van der Waals surface area contributed by atoms with E-state index in [1.807, 2.05) is 13.0 Å². The van der Waals surface area contributed by atoms with E-state index < -0.39 is 6.10 Å². The van der Waals surface area contributed by atoms with Gasteiger partial charge in [-0.25, -0.2) is 0 Å². The zero-order valence-electron chi connectivity index (χ0n) is 10.1. The Kier molecular flexibility index (Phi) is 2.91. The van der Waals surface area contributed by atoms with Crippen molar-refractivity contribution in [2.45, 2.75) is 38.3 Å². The first-order valence-electron chi connectivity index (χ1n) is 6.39. The Labute approximate surface area is 111 Å². The van der Waals surface area contributed by atoms with Gasteiger partial charge in [0.05, 0.1) is 6.10 Å². The SMILES string of the molecule is CC(O)c1cc(Br)ccc1N1CC2CCC1C2. The summed E-state index contributed by atoms with van der Waals surface area (Å²) in [6.45, 7) is 3.02. The Morgan fingerprint density at radius 2 is 2.24 bits per heavy atom. The van der Waals surface area contributed by atoms with E-state index in [0.29, 0.717) is 6.04 Å². The average Bonchev–Trinajstić information content (AvgIpc) is 2.90. The highest BCUT2D eigenvalue weighted by atomic mass is 79.9. The van der Waals surface area contributed by atoms with Gasteiger partial charge in [-0.2, -0.15) is 0 Å². The van der Waals surface area contributed by atoms with Crippen LogP contribution in [0, 0.1) is 5.92 Å². The van der Waals surface area contributed by atoms with Gasteiger partial charge in [0, 0.05) is 28.3 Å². The normalized spacial score (nSPS) is 28.8. The maximum Gasteiger partial charge on any atom is 0.0782 e. The summed E-state index contributed by atoms with van der Waals surface area (Å²) in [4.78, 5) is 2.50. The van der Waals surface area contributed by atoms with Gasteiger partial charge in [-0.15, -0.1) is 0 Å². The van der Waals surface area contributed by atoms with Crippen LogP contribution in [0.15, 0.2) is 22.7 Å². The Morgan fingerprint density at radius 3 is 2.82 bits per heavy atom. The monoisotopic (exact) mass is 295 g/mol. The van der Waals surface area contributed by atoms with E-state index in [-0.39, 0.29) is 0 Å². The molecule has 2 aliphatic rings. The molecule has 0 aromatic heterocycles. The summed E-state index contributed by atoms with van der Waals surface area (Å²) in [6, 6.07) is 6.98. The van der Waals surface area contributed by atoms with Crippen molar-refractivity contribution in [1.29, 1.82) is 0 Å². The second-order valence-electron chi connectivity index (χ2n) is 5.36. The van der Waals surface area contributed by atoms with Gasteiger partial charge in [-0.1, -0.05) is 15.9 Å². The van der Waals surface area contributed by atoms with Crippen LogP contribution in [-0.2, 0) is 0 Å². The topological polar surface area (TPSA) is 23.5 Å². The third kappa shape index (κ3) is 2.00. The quantitative estimate of drug-likeness (QED) is 0.903. The number of benzene rings is 1. The molecular formula is C14H18BrNO. The number of fused-ring (bicyclic) bond motifs is 2. The van der Waals surface area contributed by atoms with Crippen LogP contribution >= 0.6 is 15.9 Å². The molecule has 1 saturated heterocycles. The van der Waals surface area contributed by atoms with Crippen molar-refractivity contribution >= 4 is 21.6 Å². The third-order valence-corrected chi connectivity index (χ3v) is 4.65. The number of piperidine rings is 1. The van der Waals surface area contributed by atoms with Crippen LogP contribution in [0.3, 0.4) is 0 Å². The van der Waals surface area contributed by atoms with Gasteiger partial charge in [0.25, 0.3) is 0 Å². The molecule has 1 aromatic rings. The summed E-state index contributed by atoms with van der Waals surface area (Å²) in [7, 11) is 0. The predicted molar refractivity (Wildman–Crippen MR) is 73.3 cm³/mol. The lowest BCUT2D eigenvalue weighted by Gasteiger charge is -2.31. The minimum Gasteiger partial charge on any atom is -0.389 e. The van der Waals surface area contributed by atoms with Gasteiger partial charge in [0.1, 0.15) is 0 Å². The van der Waals surface area contributed by atoms with Gasteiger partial charge < -0.3 is 10.0 Å². The van der Waals surface area contributed by atoms with E-state index in [9.17, 15) is 5.11 Å². The molecule has 0 spiro atoms. The Bertz CT molecular complexity index is 432. The van der Waals surface area contributed by atoms with Gasteiger partial charge >= 0.3 is 0 Å². The first-order valence-corrected chi connectivity index (χ1v) is 7.18. The number of hydrogen-bond acceptors (Lipinski definition) is 2. The Morgan fingerprint density at radius 1 is 1.41 bits per heavy atom. The van der Waals surface area contributed by atoms with Crippen LogP contribution in [0.4, 0.5) is 5.69 Å². The van der Waals surface area contributed by atoms with Crippen molar-refractivity contribution in [3.05, 3.63) is 28.2 Å². The predicted octanol–water partition coefficient (Wildman–Crippen LogP) is 3.49. The summed E-state index contributed by atoms with van der Waals surface area (Å²) in [5.74, 6) is 0.880. The lowest BCUT2D eigenvalue weighted by Crippen LogP contribution is -2.32. The number of rotatable bonds is 2. The largest absolute Gasteiger partial charge is 0.389 e. The van der Waals surface area contributed by atoms with Gasteiger partial charge in [-0.3, -0.25) is 0 Å². The van der Waals surface area contributed by atoms with Crippen molar-refractivity contribution in [3.63, 3.8) is 0 Å². The fourth-order valence-electron chi connectivity index (χ4n) is 3.34. The molecule has 2 nitrogen and oxygen atoms in total. The van der Waals surface area contributed by atoms with Crippen molar-refractivity contribution in [3.8, 4) is 0 Å². The smallest absolute Gasteiger partial charge is 0.0782 e. The van der Waals surface area contributed by atoms with Crippen LogP contribution in [0.2, 0.25) is 0 Å². The molecule has 0 amide bonds. The molecule has 3 atom stereocenters.